The van der Waals surface area contributed by atoms with E-state index in [4.69, 9.17) is 23.2 Å². The molecular weight excluding hydrogens is 273 g/mol. The molecule has 6 heteroatoms. The van der Waals surface area contributed by atoms with Crippen molar-refractivity contribution in [2.45, 2.75) is 18.2 Å². The molecule has 2 heterocycles. The summed E-state index contributed by atoms with van der Waals surface area (Å²) in [5.74, 6) is 0.619. The molecule has 1 aromatic rings. The maximum atomic E-state index is 11.7. The van der Waals surface area contributed by atoms with Gasteiger partial charge in [-0.25, -0.2) is 0 Å². The largest absolute Gasteiger partial charge is 0.308 e. The van der Waals surface area contributed by atoms with Crippen LogP contribution < -0.4 is 5.32 Å². The zero-order valence-electron chi connectivity index (χ0n) is 8.13. The second kappa shape index (κ2) is 4.72. The maximum Gasteiger partial charge on any atom is 0.0992 e. The summed E-state index contributed by atoms with van der Waals surface area (Å²) in [6.45, 7) is 2.75. The molecule has 15 heavy (non-hydrogen) atoms. The SMILES string of the molecule is CC1CNC(c2cc(Cl)sc2Cl)CS1=O. The Bertz CT molecular complexity index is 393. The lowest BCUT2D eigenvalue weighted by molar-refractivity contribution is 0.541. The lowest BCUT2D eigenvalue weighted by Crippen LogP contribution is -2.41. The van der Waals surface area contributed by atoms with Crippen molar-refractivity contribution >= 4 is 45.3 Å². The van der Waals surface area contributed by atoms with Crippen LogP contribution >= 0.6 is 34.5 Å². The van der Waals surface area contributed by atoms with E-state index >= 15 is 0 Å². The Morgan fingerprint density at radius 1 is 1.60 bits per heavy atom. The second-order valence-electron chi connectivity index (χ2n) is 3.60. The summed E-state index contributed by atoms with van der Waals surface area (Å²) >= 11 is 13.3. The van der Waals surface area contributed by atoms with Crippen LogP contribution in [0.15, 0.2) is 6.07 Å². The molecule has 3 unspecified atom stereocenters. The van der Waals surface area contributed by atoms with Crippen LogP contribution in [0.1, 0.15) is 18.5 Å². The molecule has 1 fully saturated rings. The molecule has 0 spiro atoms. The van der Waals surface area contributed by atoms with E-state index in [9.17, 15) is 4.21 Å². The van der Waals surface area contributed by atoms with Crippen molar-refractivity contribution in [1.82, 2.24) is 5.32 Å². The van der Waals surface area contributed by atoms with Crippen molar-refractivity contribution in [2.24, 2.45) is 0 Å². The van der Waals surface area contributed by atoms with E-state index in [0.717, 1.165) is 12.1 Å². The molecule has 1 aliphatic rings. The van der Waals surface area contributed by atoms with Gasteiger partial charge in [0, 0.05) is 40.0 Å². The highest BCUT2D eigenvalue weighted by Gasteiger charge is 2.27. The van der Waals surface area contributed by atoms with E-state index in [1.165, 1.54) is 11.3 Å². The van der Waals surface area contributed by atoms with Gasteiger partial charge in [-0.2, -0.15) is 0 Å². The summed E-state index contributed by atoms with van der Waals surface area (Å²) in [7, 11) is -0.774. The van der Waals surface area contributed by atoms with E-state index in [2.05, 4.69) is 5.32 Å². The van der Waals surface area contributed by atoms with E-state index in [-0.39, 0.29) is 11.3 Å². The van der Waals surface area contributed by atoms with Crippen molar-refractivity contribution in [3.63, 3.8) is 0 Å². The van der Waals surface area contributed by atoms with E-state index < -0.39 is 10.8 Å². The van der Waals surface area contributed by atoms with Crippen molar-refractivity contribution in [3.05, 3.63) is 20.3 Å². The van der Waals surface area contributed by atoms with Gasteiger partial charge >= 0.3 is 0 Å². The number of halogens is 2. The second-order valence-corrected chi connectivity index (χ2v) is 7.78. The summed E-state index contributed by atoms with van der Waals surface area (Å²) < 4.78 is 13.1. The molecular formula is C9H11Cl2NOS2. The van der Waals surface area contributed by atoms with Crippen LogP contribution in [0.4, 0.5) is 0 Å². The van der Waals surface area contributed by atoms with Crippen LogP contribution in [0.2, 0.25) is 8.67 Å². The maximum absolute atomic E-state index is 11.7. The normalized spacial score (nSPS) is 31.8. The smallest absolute Gasteiger partial charge is 0.0992 e. The molecule has 2 nitrogen and oxygen atoms in total. The molecule has 3 atom stereocenters. The highest BCUT2D eigenvalue weighted by molar-refractivity contribution is 7.85. The van der Waals surface area contributed by atoms with Crippen molar-refractivity contribution in [1.29, 1.82) is 0 Å². The van der Waals surface area contributed by atoms with Gasteiger partial charge in [-0.1, -0.05) is 23.2 Å². The zero-order chi connectivity index (χ0) is 11.0. The quantitative estimate of drug-likeness (QED) is 0.859. The van der Waals surface area contributed by atoms with Gasteiger partial charge in [0.05, 0.1) is 8.67 Å². The Balaban J connectivity index is 2.18. The van der Waals surface area contributed by atoms with E-state index in [0.29, 0.717) is 14.4 Å². The van der Waals surface area contributed by atoms with Gasteiger partial charge in [0.25, 0.3) is 0 Å². The third-order valence-corrected chi connectivity index (χ3v) is 5.73. The van der Waals surface area contributed by atoms with Crippen molar-refractivity contribution in [2.75, 3.05) is 12.3 Å². The van der Waals surface area contributed by atoms with Crippen LogP contribution in [0.5, 0.6) is 0 Å². The zero-order valence-corrected chi connectivity index (χ0v) is 11.3. The van der Waals surface area contributed by atoms with Crippen LogP contribution in [-0.2, 0) is 10.8 Å². The Hall–Kier alpha value is 0.390. The highest BCUT2D eigenvalue weighted by atomic mass is 35.5. The minimum atomic E-state index is -0.774. The predicted octanol–water partition coefficient (Wildman–Crippen LogP) is 2.84. The summed E-state index contributed by atoms with van der Waals surface area (Å²) in [6.07, 6.45) is 0. The van der Waals surface area contributed by atoms with E-state index in [1.54, 1.807) is 0 Å². The Morgan fingerprint density at radius 2 is 2.33 bits per heavy atom. The number of rotatable bonds is 1. The standard InChI is InChI=1S/C9H11Cl2NOS2/c1-5-3-12-7(4-15(5)13)6-2-8(10)14-9(6)11/h2,5,7,12H,3-4H2,1H3. The Kier molecular flexibility index (Phi) is 3.73. The van der Waals surface area contributed by atoms with Crippen LogP contribution in [0, 0.1) is 0 Å². The minimum Gasteiger partial charge on any atom is -0.308 e. The van der Waals surface area contributed by atoms with Gasteiger partial charge in [0.15, 0.2) is 0 Å². The average molecular weight is 284 g/mol. The molecule has 0 amide bonds. The summed E-state index contributed by atoms with van der Waals surface area (Å²) in [5, 5.41) is 3.56. The number of hydrogen-bond acceptors (Lipinski definition) is 3. The first-order valence-electron chi connectivity index (χ1n) is 4.63. The first-order valence-corrected chi connectivity index (χ1v) is 7.58. The van der Waals surface area contributed by atoms with Gasteiger partial charge in [-0.05, 0) is 13.0 Å². The van der Waals surface area contributed by atoms with Crippen molar-refractivity contribution in [3.8, 4) is 0 Å². The van der Waals surface area contributed by atoms with Gasteiger partial charge < -0.3 is 5.32 Å². The van der Waals surface area contributed by atoms with Gasteiger partial charge in [0.1, 0.15) is 0 Å². The first-order chi connectivity index (χ1) is 7.08. The summed E-state index contributed by atoms with van der Waals surface area (Å²) in [4.78, 5) is 0. The van der Waals surface area contributed by atoms with Gasteiger partial charge in [0.2, 0.25) is 0 Å². The highest BCUT2D eigenvalue weighted by Crippen LogP contribution is 2.36. The lowest BCUT2D eigenvalue weighted by Gasteiger charge is -2.27. The molecule has 2 rings (SSSR count). The van der Waals surface area contributed by atoms with Gasteiger partial charge in [-0.15, -0.1) is 11.3 Å². The Morgan fingerprint density at radius 3 is 2.87 bits per heavy atom. The van der Waals surface area contributed by atoms with Crippen LogP contribution in [0.3, 0.4) is 0 Å². The molecule has 1 N–H and O–H groups in total. The predicted molar refractivity (Wildman–Crippen MR) is 67.6 cm³/mol. The molecule has 0 aliphatic carbocycles. The monoisotopic (exact) mass is 283 g/mol. The number of thiophene rings is 1. The first kappa shape index (κ1) is 11.9. The van der Waals surface area contributed by atoms with Crippen LogP contribution in [-0.4, -0.2) is 21.8 Å². The lowest BCUT2D eigenvalue weighted by atomic mass is 10.2. The number of hydrogen-bond donors (Lipinski definition) is 1. The average Bonchev–Trinajstić information content (AvgIpc) is 2.50. The molecule has 0 aromatic carbocycles. The third kappa shape index (κ3) is 2.56. The molecule has 0 bridgehead atoms. The fourth-order valence-electron chi connectivity index (χ4n) is 1.58. The topological polar surface area (TPSA) is 29.1 Å². The molecule has 0 saturated carbocycles. The summed E-state index contributed by atoms with van der Waals surface area (Å²) in [5.41, 5.74) is 0.979. The molecule has 0 radical (unpaired) electrons. The van der Waals surface area contributed by atoms with Crippen molar-refractivity contribution < 1.29 is 4.21 Å². The Labute approximate surface area is 105 Å². The molecule has 84 valence electrons. The fraction of sp³-hybridized carbons (Fsp3) is 0.556. The molecule has 1 saturated heterocycles. The van der Waals surface area contributed by atoms with Crippen LogP contribution in [0.25, 0.3) is 0 Å². The third-order valence-electron chi connectivity index (χ3n) is 2.49. The molecule has 1 aromatic heterocycles. The number of nitrogens with one attached hydrogen (secondary N) is 1. The fourth-order valence-corrected chi connectivity index (χ4v) is 4.39. The van der Waals surface area contributed by atoms with Gasteiger partial charge in [-0.3, -0.25) is 4.21 Å². The summed E-state index contributed by atoms with van der Waals surface area (Å²) in [6, 6.07) is 1.94. The van der Waals surface area contributed by atoms with E-state index in [1.807, 2.05) is 13.0 Å². The minimum absolute atomic E-state index is 0.0817. The molecule has 1 aliphatic heterocycles.